The van der Waals surface area contributed by atoms with Gasteiger partial charge in [-0.15, -0.1) is 0 Å². The van der Waals surface area contributed by atoms with Crippen molar-refractivity contribution in [1.29, 1.82) is 0 Å². The van der Waals surface area contributed by atoms with Crippen LogP contribution >= 0.6 is 0 Å². The molecular formula is C9H12N2O3. The van der Waals surface area contributed by atoms with Crippen molar-refractivity contribution in [3.63, 3.8) is 0 Å². The summed E-state index contributed by atoms with van der Waals surface area (Å²) in [6.45, 7) is 5.44. The predicted octanol–water partition coefficient (Wildman–Crippen LogP) is 1.35. The van der Waals surface area contributed by atoms with E-state index in [1.807, 2.05) is 20.8 Å². The van der Waals surface area contributed by atoms with E-state index in [-0.39, 0.29) is 11.6 Å². The lowest BCUT2D eigenvalue weighted by atomic mass is 10.2. The lowest BCUT2D eigenvalue weighted by Crippen LogP contribution is -2.25. The zero-order valence-electron chi connectivity index (χ0n) is 8.31. The normalized spacial score (nSPS) is 11.1. The molecule has 5 nitrogen and oxygen atoms in total. The summed E-state index contributed by atoms with van der Waals surface area (Å²) in [6, 6.07) is 0. The molecule has 76 valence electrons. The van der Waals surface area contributed by atoms with E-state index in [2.05, 4.69) is 9.97 Å². The molecule has 1 aromatic heterocycles. The van der Waals surface area contributed by atoms with Gasteiger partial charge in [0.1, 0.15) is 5.60 Å². The zero-order chi connectivity index (χ0) is 10.8. The first-order chi connectivity index (χ1) is 6.40. The minimum Gasteiger partial charge on any atom is -0.476 e. The van der Waals surface area contributed by atoms with Crippen LogP contribution in [0.15, 0.2) is 12.4 Å². The van der Waals surface area contributed by atoms with Crippen molar-refractivity contribution in [2.45, 2.75) is 26.4 Å². The maximum atomic E-state index is 10.7. The summed E-state index contributed by atoms with van der Waals surface area (Å²) in [4.78, 5) is 18.2. The van der Waals surface area contributed by atoms with Gasteiger partial charge in [0.15, 0.2) is 0 Å². The van der Waals surface area contributed by atoms with Crippen molar-refractivity contribution >= 4 is 5.97 Å². The third kappa shape index (κ3) is 2.69. The van der Waals surface area contributed by atoms with E-state index in [4.69, 9.17) is 9.84 Å². The molecule has 0 saturated heterocycles. The number of aromatic nitrogens is 2. The summed E-state index contributed by atoms with van der Waals surface area (Å²) in [6.07, 6.45) is 2.71. The second-order valence-corrected chi connectivity index (χ2v) is 3.73. The molecule has 1 N–H and O–H groups in total. The Morgan fingerprint density at radius 2 is 1.93 bits per heavy atom. The highest BCUT2D eigenvalue weighted by atomic mass is 16.5. The lowest BCUT2D eigenvalue weighted by Gasteiger charge is -2.20. The first-order valence-corrected chi connectivity index (χ1v) is 4.13. The Hall–Kier alpha value is -1.65. The lowest BCUT2D eigenvalue weighted by molar-refractivity contribution is 0.0668. The van der Waals surface area contributed by atoms with Gasteiger partial charge in [-0.1, -0.05) is 0 Å². The van der Waals surface area contributed by atoms with Crippen molar-refractivity contribution in [2.75, 3.05) is 0 Å². The number of hydrogen-bond donors (Lipinski definition) is 1. The van der Waals surface area contributed by atoms with Crippen LogP contribution in [0.2, 0.25) is 0 Å². The topological polar surface area (TPSA) is 72.3 Å². The first kappa shape index (κ1) is 10.4. The third-order valence-corrected chi connectivity index (χ3v) is 1.27. The summed E-state index contributed by atoms with van der Waals surface area (Å²) in [5.41, 5.74) is -0.650. The summed E-state index contributed by atoms with van der Waals surface area (Å²) < 4.78 is 5.34. The molecule has 0 aromatic carbocycles. The van der Waals surface area contributed by atoms with Gasteiger partial charge >= 0.3 is 5.97 Å². The molecular weight excluding hydrogens is 184 g/mol. The Kier molecular flexibility index (Phi) is 2.69. The van der Waals surface area contributed by atoms with E-state index < -0.39 is 11.6 Å². The Bertz CT molecular complexity index is 344. The van der Waals surface area contributed by atoms with E-state index in [1.165, 1.54) is 12.4 Å². The summed E-state index contributed by atoms with van der Waals surface area (Å²) >= 11 is 0. The number of carbonyl (C=O) groups is 1. The SMILES string of the molecule is CC(C)(C)Oc1nccnc1C(=O)O. The minimum absolute atomic E-state index is 0.0486. The van der Waals surface area contributed by atoms with Crippen LogP contribution < -0.4 is 4.74 Å². The number of rotatable bonds is 2. The van der Waals surface area contributed by atoms with Crippen LogP contribution in [0.5, 0.6) is 5.88 Å². The average molecular weight is 196 g/mol. The average Bonchev–Trinajstić information content (AvgIpc) is 2.01. The van der Waals surface area contributed by atoms with Crippen LogP contribution in [0.25, 0.3) is 0 Å². The maximum absolute atomic E-state index is 10.7. The van der Waals surface area contributed by atoms with Gasteiger partial charge in [-0.05, 0) is 20.8 Å². The molecule has 14 heavy (non-hydrogen) atoms. The van der Waals surface area contributed by atoms with E-state index >= 15 is 0 Å². The molecule has 0 saturated carbocycles. The van der Waals surface area contributed by atoms with Crippen molar-refractivity contribution in [3.05, 3.63) is 18.1 Å². The smallest absolute Gasteiger partial charge is 0.360 e. The summed E-state index contributed by atoms with van der Waals surface area (Å²) in [5, 5.41) is 8.78. The number of carboxylic acids is 1. The van der Waals surface area contributed by atoms with Gasteiger partial charge in [-0.25, -0.2) is 14.8 Å². The van der Waals surface area contributed by atoms with E-state index in [9.17, 15) is 4.79 Å². The summed E-state index contributed by atoms with van der Waals surface area (Å²) in [7, 11) is 0. The van der Waals surface area contributed by atoms with Crippen molar-refractivity contribution in [2.24, 2.45) is 0 Å². The van der Waals surface area contributed by atoms with Crippen molar-refractivity contribution in [3.8, 4) is 5.88 Å². The summed E-state index contributed by atoms with van der Waals surface area (Å²) in [5.74, 6) is -1.09. The quantitative estimate of drug-likeness (QED) is 0.772. The minimum atomic E-state index is -1.14. The van der Waals surface area contributed by atoms with E-state index in [0.717, 1.165) is 0 Å². The molecule has 0 aliphatic heterocycles. The van der Waals surface area contributed by atoms with Gasteiger partial charge in [-0.2, -0.15) is 0 Å². The second kappa shape index (κ2) is 3.61. The molecule has 1 heterocycles. The third-order valence-electron chi connectivity index (χ3n) is 1.27. The number of nitrogens with zero attached hydrogens (tertiary/aromatic N) is 2. The van der Waals surface area contributed by atoms with Crippen molar-refractivity contribution < 1.29 is 14.6 Å². The molecule has 0 aliphatic carbocycles. The largest absolute Gasteiger partial charge is 0.476 e. The molecule has 0 amide bonds. The van der Waals surface area contributed by atoms with Crippen LogP contribution in [0, 0.1) is 0 Å². The molecule has 0 fully saturated rings. The van der Waals surface area contributed by atoms with Crippen LogP contribution in [0.4, 0.5) is 0 Å². The molecule has 1 rings (SSSR count). The van der Waals surface area contributed by atoms with E-state index in [0.29, 0.717) is 0 Å². The molecule has 0 bridgehead atoms. The Balaban J connectivity index is 3.02. The molecule has 5 heteroatoms. The van der Waals surface area contributed by atoms with Crippen LogP contribution in [-0.2, 0) is 0 Å². The van der Waals surface area contributed by atoms with Gasteiger partial charge in [-0.3, -0.25) is 0 Å². The van der Waals surface area contributed by atoms with Gasteiger partial charge in [0.2, 0.25) is 11.6 Å². The van der Waals surface area contributed by atoms with Gasteiger partial charge in [0.05, 0.1) is 0 Å². The highest BCUT2D eigenvalue weighted by Gasteiger charge is 2.19. The van der Waals surface area contributed by atoms with Crippen LogP contribution in [0.3, 0.4) is 0 Å². The highest BCUT2D eigenvalue weighted by molar-refractivity contribution is 5.87. The Morgan fingerprint density at radius 1 is 1.36 bits per heavy atom. The van der Waals surface area contributed by atoms with Crippen LogP contribution in [-0.4, -0.2) is 26.6 Å². The maximum Gasteiger partial charge on any atom is 0.360 e. The fourth-order valence-corrected chi connectivity index (χ4v) is 0.837. The molecule has 0 spiro atoms. The number of ether oxygens (including phenoxy) is 1. The zero-order valence-corrected chi connectivity index (χ0v) is 8.31. The number of carboxylic acid groups (broad SMARTS) is 1. The molecule has 1 aromatic rings. The first-order valence-electron chi connectivity index (χ1n) is 4.13. The van der Waals surface area contributed by atoms with Gasteiger partial charge in [0, 0.05) is 12.4 Å². The monoisotopic (exact) mass is 196 g/mol. The number of hydrogen-bond acceptors (Lipinski definition) is 4. The van der Waals surface area contributed by atoms with Crippen molar-refractivity contribution in [1.82, 2.24) is 9.97 Å². The molecule has 0 atom stereocenters. The van der Waals surface area contributed by atoms with Gasteiger partial charge < -0.3 is 9.84 Å². The number of aromatic carboxylic acids is 1. The fraction of sp³-hybridized carbons (Fsp3) is 0.444. The Morgan fingerprint density at radius 3 is 2.43 bits per heavy atom. The fourth-order valence-electron chi connectivity index (χ4n) is 0.837. The second-order valence-electron chi connectivity index (χ2n) is 3.73. The Labute approximate surface area is 81.8 Å². The highest BCUT2D eigenvalue weighted by Crippen LogP contribution is 2.17. The molecule has 0 unspecified atom stereocenters. The van der Waals surface area contributed by atoms with Gasteiger partial charge in [0.25, 0.3) is 0 Å². The standard InChI is InChI=1S/C9H12N2O3/c1-9(2,3)14-7-6(8(12)13)10-4-5-11-7/h4-5H,1-3H3,(H,12,13). The molecule has 0 aliphatic rings. The predicted molar refractivity (Wildman–Crippen MR) is 49.4 cm³/mol. The molecule has 0 radical (unpaired) electrons. The van der Waals surface area contributed by atoms with Crippen LogP contribution in [0.1, 0.15) is 31.3 Å². The van der Waals surface area contributed by atoms with E-state index in [1.54, 1.807) is 0 Å².